The Morgan fingerprint density at radius 1 is 1.03 bits per heavy atom. The number of nitrogens with zero attached hydrogens (tertiary/aromatic N) is 2. The van der Waals surface area contributed by atoms with Crippen molar-refractivity contribution in [1.82, 2.24) is 20.5 Å². The third-order valence-electron chi connectivity index (χ3n) is 4.66. The van der Waals surface area contributed by atoms with Gasteiger partial charge in [-0.15, -0.1) is 0 Å². The molecule has 0 fully saturated rings. The number of carbonyl (C=O) groups is 2. The molecule has 1 unspecified atom stereocenters. The van der Waals surface area contributed by atoms with Crippen LogP contribution in [0.1, 0.15) is 21.9 Å². The second-order valence-corrected chi connectivity index (χ2v) is 7.00. The van der Waals surface area contributed by atoms with Crippen molar-refractivity contribution in [3.8, 4) is 11.4 Å². The number of aryl methyl sites for hydroxylation is 1. The van der Waals surface area contributed by atoms with Crippen LogP contribution in [0, 0.1) is 6.92 Å². The molecule has 0 saturated heterocycles. The van der Waals surface area contributed by atoms with E-state index in [1.54, 1.807) is 24.3 Å². The number of nitrogens with one attached hydrogen (secondary N) is 3. The lowest BCUT2D eigenvalue weighted by molar-refractivity contribution is -0.118. The molecular formula is C23H21N5O3. The standard InChI is InChI=1S/C23H21N5O3/c1-15-24-21(28-27-15)17-9-11-18(12-10-17)25-22(29)19(14-16-6-3-2-4-7-16)26-23(30)20-8-5-13-31-20/h2-13,19H,14H2,1H3,(H,25,29)(H,26,30)(H,24,27,28). The topological polar surface area (TPSA) is 113 Å². The summed E-state index contributed by atoms with van der Waals surface area (Å²) in [4.78, 5) is 29.8. The summed E-state index contributed by atoms with van der Waals surface area (Å²) < 4.78 is 5.14. The van der Waals surface area contributed by atoms with E-state index in [0.29, 0.717) is 17.9 Å². The number of rotatable bonds is 7. The minimum absolute atomic E-state index is 0.150. The molecule has 8 nitrogen and oxygen atoms in total. The van der Waals surface area contributed by atoms with Crippen LogP contribution in [0.5, 0.6) is 0 Å². The fourth-order valence-corrected chi connectivity index (χ4v) is 3.10. The molecular weight excluding hydrogens is 394 g/mol. The summed E-state index contributed by atoms with van der Waals surface area (Å²) >= 11 is 0. The number of anilines is 1. The van der Waals surface area contributed by atoms with Crippen molar-refractivity contribution in [1.29, 1.82) is 0 Å². The molecule has 2 heterocycles. The average molecular weight is 415 g/mol. The molecule has 2 aromatic carbocycles. The van der Waals surface area contributed by atoms with Gasteiger partial charge in [0.05, 0.1) is 6.26 Å². The fraction of sp³-hybridized carbons (Fsp3) is 0.130. The first-order valence-electron chi connectivity index (χ1n) is 9.77. The number of H-pyrrole nitrogens is 1. The van der Waals surface area contributed by atoms with Crippen molar-refractivity contribution < 1.29 is 14.0 Å². The van der Waals surface area contributed by atoms with Crippen LogP contribution in [0.25, 0.3) is 11.4 Å². The van der Waals surface area contributed by atoms with Gasteiger partial charge in [-0.25, -0.2) is 4.98 Å². The lowest BCUT2D eigenvalue weighted by Gasteiger charge is -2.18. The van der Waals surface area contributed by atoms with Crippen LogP contribution in [0.2, 0.25) is 0 Å². The third-order valence-corrected chi connectivity index (χ3v) is 4.66. The summed E-state index contributed by atoms with van der Waals surface area (Å²) in [5.41, 5.74) is 2.36. The molecule has 3 N–H and O–H groups in total. The average Bonchev–Trinajstić information content (AvgIpc) is 3.47. The Hall–Kier alpha value is -4.20. The van der Waals surface area contributed by atoms with Crippen molar-refractivity contribution in [3.05, 3.63) is 90.1 Å². The number of aromatic amines is 1. The van der Waals surface area contributed by atoms with Crippen molar-refractivity contribution in [2.45, 2.75) is 19.4 Å². The van der Waals surface area contributed by atoms with E-state index in [4.69, 9.17) is 4.42 Å². The largest absolute Gasteiger partial charge is 0.459 e. The van der Waals surface area contributed by atoms with Crippen molar-refractivity contribution in [2.24, 2.45) is 0 Å². The van der Waals surface area contributed by atoms with Crippen molar-refractivity contribution in [3.63, 3.8) is 0 Å². The van der Waals surface area contributed by atoms with Gasteiger partial charge in [-0.05, 0) is 48.9 Å². The van der Waals surface area contributed by atoms with E-state index in [9.17, 15) is 9.59 Å². The number of furan rings is 1. The van der Waals surface area contributed by atoms with E-state index in [0.717, 1.165) is 17.0 Å². The Balaban J connectivity index is 1.48. The van der Waals surface area contributed by atoms with Crippen LogP contribution in [-0.4, -0.2) is 33.0 Å². The van der Waals surface area contributed by atoms with Crippen LogP contribution >= 0.6 is 0 Å². The normalized spacial score (nSPS) is 11.6. The van der Waals surface area contributed by atoms with Crippen LogP contribution in [0.15, 0.2) is 77.4 Å². The maximum Gasteiger partial charge on any atom is 0.287 e. The molecule has 1 atom stereocenters. The van der Waals surface area contributed by atoms with Gasteiger partial charge in [0.1, 0.15) is 11.9 Å². The molecule has 0 aliphatic carbocycles. The zero-order valence-corrected chi connectivity index (χ0v) is 16.8. The summed E-state index contributed by atoms with van der Waals surface area (Å²) in [5, 5.41) is 12.6. The van der Waals surface area contributed by atoms with Crippen LogP contribution in [0.4, 0.5) is 5.69 Å². The first-order chi connectivity index (χ1) is 15.1. The molecule has 2 amide bonds. The van der Waals surface area contributed by atoms with Crippen LogP contribution in [-0.2, 0) is 11.2 Å². The second-order valence-electron chi connectivity index (χ2n) is 7.00. The SMILES string of the molecule is Cc1nc(-c2ccc(NC(=O)C(Cc3ccccc3)NC(=O)c3ccco3)cc2)n[nH]1. The van der Waals surface area contributed by atoms with Gasteiger partial charge in [0.2, 0.25) is 5.91 Å². The van der Waals surface area contributed by atoms with Gasteiger partial charge in [0.15, 0.2) is 11.6 Å². The monoisotopic (exact) mass is 415 g/mol. The molecule has 0 radical (unpaired) electrons. The number of amides is 2. The van der Waals surface area contributed by atoms with Crippen LogP contribution < -0.4 is 10.6 Å². The zero-order chi connectivity index (χ0) is 21.6. The molecule has 0 aliphatic rings. The van der Waals surface area contributed by atoms with Gasteiger partial charge in [-0.3, -0.25) is 14.7 Å². The van der Waals surface area contributed by atoms with Crippen molar-refractivity contribution in [2.75, 3.05) is 5.32 Å². The van der Waals surface area contributed by atoms with E-state index in [2.05, 4.69) is 25.8 Å². The van der Waals surface area contributed by atoms with Crippen molar-refractivity contribution >= 4 is 17.5 Å². The Morgan fingerprint density at radius 2 is 1.81 bits per heavy atom. The smallest absolute Gasteiger partial charge is 0.287 e. The highest BCUT2D eigenvalue weighted by molar-refractivity contribution is 6.00. The predicted octanol–water partition coefficient (Wildman–Crippen LogP) is 3.35. The predicted molar refractivity (Wildman–Crippen MR) is 115 cm³/mol. The molecule has 31 heavy (non-hydrogen) atoms. The zero-order valence-electron chi connectivity index (χ0n) is 16.8. The maximum atomic E-state index is 13.0. The lowest BCUT2D eigenvalue weighted by Crippen LogP contribution is -2.45. The molecule has 4 rings (SSSR count). The second kappa shape index (κ2) is 9.08. The van der Waals surface area contributed by atoms with Gasteiger partial charge >= 0.3 is 0 Å². The number of benzene rings is 2. The van der Waals surface area contributed by atoms with Gasteiger partial charge in [-0.1, -0.05) is 30.3 Å². The maximum absolute atomic E-state index is 13.0. The molecule has 0 saturated carbocycles. The number of hydrogen-bond donors (Lipinski definition) is 3. The number of aromatic nitrogens is 3. The third kappa shape index (κ3) is 5.05. The quantitative estimate of drug-likeness (QED) is 0.428. The van der Waals surface area contributed by atoms with Gasteiger partial charge in [0.25, 0.3) is 5.91 Å². The molecule has 2 aromatic heterocycles. The number of hydrogen-bond acceptors (Lipinski definition) is 5. The first kappa shape index (κ1) is 20.1. The molecule has 8 heteroatoms. The highest BCUT2D eigenvalue weighted by Gasteiger charge is 2.23. The van der Waals surface area contributed by atoms with E-state index in [1.807, 2.05) is 49.4 Å². The molecule has 4 aromatic rings. The van der Waals surface area contributed by atoms with Gasteiger partial charge < -0.3 is 15.1 Å². The molecule has 0 spiro atoms. The Kier molecular flexibility index (Phi) is 5.89. The van der Waals surface area contributed by atoms with E-state index in [-0.39, 0.29) is 11.7 Å². The van der Waals surface area contributed by atoms with Gasteiger partial charge in [0, 0.05) is 17.7 Å². The van der Waals surface area contributed by atoms with Crippen LogP contribution in [0.3, 0.4) is 0 Å². The highest BCUT2D eigenvalue weighted by Crippen LogP contribution is 2.18. The fourth-order valence-electron chi connectivity index (χ4n) is 3.10. The minimum atomic E-state index is -0.782. The van der Waals surface area contributed by atoms with E-state index >= 15 is 0 Å². The van der Waals surface area contributed by atoms with E-state index in [1.165, 1.54) is 6.26 Å². The Morgan fingerprint density at radius 3 is 2.45 bits per heavy atom. The molecule has 0 bridgehead atoms. The first-order valence-corrected chi connectivity index (χ1v) is 9.77. The summed E-state index contributed by atoms with van der Waals surface area (Å²) in [7, 11) is 0. The molecule has 156 valence electrons. The summed E-state index contributed by atoms with van der Waals surface area (Å²) in [6.07, 6.45) is 1.76. The Bertz CT molecular complexity index is 1150. The highest BCUT2D eigenvalue weighted by atomic mass is 16.3. The van der Waals surface area contributed by atoms with Gasteiger partial charge in [-0.2, -0.15) is 5.10 Å². The van der Waals surface area contributed by atoms with E-state index < -0.39 is 11.9 Å². The Labute approximate surface area is 178 Å². The molecule has 0 aliphatic heterocycles. The summed E-state index contributed by atoms with van der Waals surface area (Å²) in [5.74, 6) is 0.685. The summed E-state index contributed by atoms with van der Waals surface area (Å²) in [6, 6.07) is 19.1. The lowest BCUT2D eigenvalue weighted by atomic mass is 10.0. The number of carbonyl (C=O) groups excluding carboxylic acids is 2. The minimum Gasteiger partial charge on any atom is -0.459 e. The summed E-state index contributed by atoms with van der Waals surface area (Å²) in [6.45, 7) is 1.83.